The second-order valence-corrected chi connectivity index (χ2v) is 6.19. The van der Waals surface area contributed by atoms with E-state index >= 15 is 0 Å². The number of hydrogen-bond acceptors (Lipinski definition) is 2. The number of rotatable bonds is 4. The lowest BCUT2D eigenvalue weighted by Crippen LogP contribution is -2.51. The molecule has 1 saturated heterocycles. The third-order valence-corrected chi connectivity index (χ3v) is 4.22. The number of nitrogens with one attached hydrogen (secondary N) is 2. The molecule has 0 bridgehead atoms. The lowest BCUT2D eigenvalue weighted by Gasteiger charge is -2.32. The molecule has 126 valence electrons. The number of likely N-dealkylation sites (tertiary alicyclic amines) is 1. The Bertz CT molecular complexity index is 416. The van der Waals surface area contributed by atoms with Crippen molar-refractivity contribution in [3.8, 4) is 0 Å². The van der Waals surface area contributed by atoms with Crippen LogP contribution in [0.1, 0.15) is 39.0 Å². The van der Waals surface area contributed by atoms with Crippen LogP contribution in [0.3, 0.4) is 0 Å². The molecule has 5 nitrogen and oxygen atoms in total. The van der Waals surface area contributed by atoms with Gasteiger partial charge in [0, 0.05) is 25.2 Å². The van der Waals surface area contributed by atoms with E-state index in [9.17, 15) is 22.8 Å². The SMILES string of the molecule is CC(NC(=O)NC1CCN(C(=O)CC(F)(F)F)CC1)C1CC1. The second-order valence-electron chi connectivity index (χ2n) is 6.19. The van der Waals surface area contributed by atoms with Crippen LogP contribution in [0.4, 0.5) is 18.0 Å². The number of piperidine rings is 1. The summed E-state index contributed by atoms with van der Waals surface area (Å²) in [5.41, 5.74) is 0. The van der Waals surface area contributed by atoms with Gasteiger partial charge in [-0.15, -0.1) is 0 Å². The summed E-state index contributed by atoms with van der Waals surface area (Å²) in [6.07, 6.45) is -2.64. The van der Waals surface area contributed by atoms with E-state index in [1.165, 1.54) is 4.90 Å². The number of nitrogens with zero attached hydrogens (tertiary/aromatic N) is 1. The molecule has 0 aromatic rings. The number of halogens is 3. The first-order valence-electron chi connectivity index (χ1n) is 7.66. The van der Waals surface area contributed by atoms with Crippen molar-refractivity contribution in [1.29, 1.82) is 0 Å². The van der Waals surface area contributed by atoms with Gasteiger partial charge in [0.05, 0.1) is 0 Å². The number of amides is 3. The zero-order chi connectivity index (χ0) is 16.3. The van der Waals surface area contributed by atoms with Gasteiger partial charge < -0.3 is 15.5 Å². The monoisotopic (exact) mass is 321 g/mol. The standard InChI is InChI=1S/C14H22F3N3O2/c1-9(10-2-3-10)18-13(22)19-11-4-6-20(7-5-11)12(21)8-14(15,16)17/h9-11H,2-8H2,1H3,(H2,18,19,22). The van der Waals surface area contributed by atoms with Crippen LogP contribution in [-0.4, -0.2) is 48.2 Å². The van der Waals surface area contributed by atoms with Crippen LogP contribution in [-0.2, 0) is 4.79 Å². The fourth-order valence-corrected chi connectivity index (χ4v) is 2.70. The number of carbonyl (C=O) groups excluding carboxylic acids is 2. The van der Waals surface area contributed by atoms with Crippen LogP contribution in [0.15, 0.2) is 0 Å². The van der Waals surface area contributed by atoms with Gasteiger partial charge in [-0.25, -0.2) is 4.79 Å². The molecule has 1 heterocycles. The Hall–Kier alpha value is -1.47. The van der Waals surface area contributed by atoms with E-state index in [2.05, 4.69) is 10.6 Å². The van der Waals surface area contributed by atoms with Crippen molar-refractivity contribution in [2.75, 3.05) is 13.1 Å². The molecule has 0 spiro atoms. The van der Waals surface area contributed by atoms with Crippen molar-refractivity contribution in [3.63, 3.8) is 0 Å². The zero-order valence-electron chi connectivity index (χ0n) is 12.6. The summed E-state index contributed by atoms with van der Waals surface area (Å²) >= 11 is 0. The van der Waals surface area contributed by atoms with Crippen LogP contribution in [0.25, 0.3) is 0 Å². The highest BCUT2D eigenvalue weighted by Gasteiger charge is 2.35. The third kappa shape index (κ3) is 5.38. The Labute approximate surface area is 127 Å². The summed E-state index contributed by atoms with van der Waals surface area (Å²) in [4.78, 5) is 24.5. The number of hydrogen-bond donors (Lipinski definition) is 2. The molecular weight excluding hydrogens is 299 g/mol. The summed E-state index contributed by atoms with van der Waals surface area (Å²) < 4.78 is 36.6. The first kappa shape index (κ1) is 16.9. The average Bonchev–Trinajstić information content (AvgIpc) is 3.21. The fraction of sp³-hybridized carbons (Fsp3) is 0.857. The van der Waals surface area contributed by atoms with E-state index in [0.29, 0.717) is 18.8 Å². The molecule has 1 saturated carbocycles. The van der Waals surface area contributed by atoms with Crippen LogP contribution < -0.4 is 10.6 Å². The molecule has 1 aliphatic heterocycles. The Morgan fingerprint density at radius 3 is 2.27 bits per heavy atom. The van der Waals surface area contributed by atoms with Crippen LogP contribution in [0.5, 0.6) is 0 Å². The highest BCUT2D eigenvalue weighted by molar-refractivity contribution is 5.77. The predicted molar refractivity (Wildman–Crippen MR) is 74.1 cm³/mol. The summed E-state index contributed by atoms with van der Waals surface area (Å²) in [5, 5.41) is 5.70. The largest absolute Gasteiger partial charge is 0.397 e. The molecule has 22 heavy (non-hydrogen) atoms. The molecule has 8 heteroatoms. The molecule has 1 atom stereocenters. The van der Waals surface area contributed by atoms with Crippen LogP contribution >= 0.6 is 0 Å². The molecule has 2 rings (SSSR count). The van der Waals surface area contributed by atoms with Gasteiger partial charge in [-0.1, -0.05) is 0 Å². The summed E-state index contributed by atoms with van der Waals surface area (Å²) in [6, 6.07) is -0.186. The van der Waals surface area contributed by atoms with Gasteiger partial charge >= 0.3 is 12.2 Å². The van der Waals surface area contributed by atoms with Gasteiger partial charge in [-0.05, 0) is 38.5 Å². The molecule has 0 radical (unpaired) electrons. The summed E-state index contributed by atoms with van der Waals surface area (Å²) in [5.74, 6) is -0.328. The maximum absolute atomic E-state index is 12.2. The highest BCUT2D eigenvalue weighted by Crippen LogP contribution is 2.32. The quantitative estimate of drug-likeness (QED) is 0.832. The summed E-state index contributed by atoms with van der Waals surface area (Å²) in [7, 11) is 0. The average molecular weight is 321 g/mol. The van der Waals surface area contributed by atoms with Crippen molar-refractivity contribution in [2.45, 2.75) is 57.3 Å². The minimum atomic E-state index is -4.47. The first-order valence-corrected chi connectivity index (χ1v) is 7.66. The van der Waals surface area contributed by atoms with Crippen LogP contribution in [0.2, 0.25) is 0 Å². The first-order chi connectivity index (χ1) is 10.2. The second kappa shape index (κ2) is 6.75. The van der Waals surface area contributed by atoms with Crippen molar-refractivity contribution < 1.29 is 22.8 Å². The molecule has 0 aromatic carbocycles. The summed E-state index contributed by atoms with van der Waals surface area (Å²) in [6.45, 7) is 2.46. The van der Waals surface area contributed by atoms with Crippen molar-refractivity contribution >= 4 is 11.9 Å². The molecule has 2 N–H and O–H groups in total. The molecular formula is C14H22F3N3O2. The molecule has 0 aromatic heterocycles. The van der Waals surface area contributed by atoms with Gasteiger partial charge in [0.15, 0.2) is 0 Å². The smallest absolute Gasteiger partial charge is 0.342 e. The fourth-order valence-electron chi connectivity index (χ4n) is 2.70. The van der Waals surface area contributed by atoms with Gasteiger partial charge in [0.1, 0.15) is 6.42 Å². The molecule has 1 unspecified atom stereocenters. The van der Waals surface area contributed by atoms with Crippen molar-refractivity contribution in [2.24, 2.45) is 5.92 Å². The van der Waals surface area contributed by atoms with Gasteiger partial charge in [0.2, 0.25) is 5.91 Å². The zero-order valence-corrected chi connectivity index (χ0v) is 12.6. The van der Waals surface area contributed by atoms with E-state index in [1.54, 1.807) is 0 Å². The molecule has 2 aliphatic rings. The van der Waals surface area contributed by atoms with E-state index in [4.69, 9.17) is 0 Å². The topological polar surface area (TPSA) is 61.4 Å². The molecule has 3 amide bonds. The highest BCUT2D eigenvalue weighted by atomic mass is 19.4. The maximum Gasteiger partial charge on any atom is 0.397 e. The Balaban J connectivity index is 1.68. The van der Waals surface area contributed by atoms with E-state index in [-0.39, 0.29) is 31.2 Å². The molecule has 2 fully saturated rings. The minimum absolute atomic E-state index is 0.0960. The van der Waals surface area contributed by atoms with E-state index in [1.807, 2.05) is 6.92 Å². The van der Waals surface area contributed by atoms with Crippen LogP contribution in [0, 0.1) is 5.92 Å². The van der Waals surface area contributed by atoms with Gasteiger partial charge in [0.25, 0.3) is 0 Å². The van der Waals surface area contributed by atoms with Gasteiger partial charge in [-0.3, -0.25) is 4.79 Å². The van der Waals surface area contributed by atoms with E-state index in [0.717, 1.165) is 12.8 Å². The number of carbonyl (C=O) groups is 2. The third-order valence-electron chi connectivity index (χ3n) is 4.22. The Morgan fingerprint density at radius 2 is 1.77 bits per heavy atom. The maximum atomic E-state index is 12.2. The van der Waals surface area contributed by atoms with Crippen molar-refractivity contribution in [3.05, 3.63) is 0 Å². The van der Waals surface area contributed by atoms with Crippen molar-refractivity contribution in [1.82, 2.24) is 15.5 Å². The minimum Gasteiger partial charge on any atom is -0.342 e. The van der Waals surface area contributed by atoms with E-state index < -0.39 is 18.5 Å². The predicted octanol–water partition coefficient (Wildman–Crippen LogP) is 2.03. The normalized spacial score (nSPS) is 21.4. The Kier molecular flexibility index (Phi) is 5.18. The Morgan fingerprint density at radius 1 is 1.18 bits per heavy atom. The lowest BCUT2D eigenvalue weighted by atomic mass is 10.0. The number of alkyl halides is 3. The lowest BCUT2D eigenvalue weighted by molar-refractivity contribution is -0.162. The van der Waals surface area contributed by atoms with Gasteiger partial charge in [-0.2, -0.15) is 13.2 Å². The number of urea groups is 1. The molecule has 1 aliphatic carbocycles.